The molecule has 0 amide bonds. The van der Waals surface area contributed by atoms with Gasteiger partial charge >= 0.3 is 0 Å². The second-order valence-corrected chi connectivity index (χ2v) is 7.34. The second kappa shape index (κ2) is 8.17. The highest BCUT2D eigenvalue weighted by atomic mass is 35.5. The number of hydrogen-bond acceptors (Lipinski definition) is 3. The largest absolute Gasteiger partial charge is 0.482 e. The molecule has 144 valence electrons. The van der Waals surface area contributed by atoms with Crippen LogP contribution in [-0.2, 0) is 26.1 Å². The van der Waals surface area contributed by atoms with Gasteiger partial charge in [0, 0.05) is 23.6 Å². The van der Waals surface area contributed by atoms with E-state index in [-0.39, 0.29) is 28.4 Å². The van der Waals surface area contributed by atoms with E-state index >= 15 is 0 Å². The molecule has 0 saturated carbocycles. The van der Waals surface area contributed by atoms with Gasteiger partial charge in [-0.3, -0.25) is 4.79 Å². The molecule has 0 spiro atoms. The summed E-state index contributed by atoms with van der Waals surface area (Å²) < 4.78 is 24.9. The van der Waals surface area contributed by atoms with Crippen LogP contribution in [0.3, 0.4) is 0 Å². The zero-order valence-corrected chi connectivity index (χ0v) is 16.0. The maximum atomic E-state index is 13.8. The van der Waals surface area contributed by atoms with Gasteiger partial charge in [-0.15, -0.1) is 0 Å². The molecule has 1 unspecified atom stereocenters. The molecule has 0 bridgehead atoms. The van der Waals surface area contributed by atoms with Crippen molar-refractivity contribution in [3.05, 3.63) is 98.3 Å². The molecule has 28 heavy (non-hydrogen) atoms. The molecule has 1 aliphatic rings. The maximum absolute atomic E-state index is 13.8. The van der Waals surface area contributed by atoms with Crippen molar-refractivity contribution in [2.45, 2.75) is 26.1 Å². The van der Waals surface area contributed by atoms with E-state index in [0.717, 1.165) is 19.5 Å². The lowest BCUT2D eigenvalue weighted by Gasteiger charge is -2.25. The molecule has 0 radical (unpaired) electrons. The molecule has 4 rings (SSSR count). The first-order chi connectivity index (χ1) is 13.6. The van der Waals surface area contributed by atoms with Crippen LogP contribution in [0.1, 0.15) is 22.5 Å². The Morgan fingerprint density at radius 1 is 1.14 bits per heavy atom. The van der Waals surface area contributed by atoms with Gasteiger partial charge in [0.1, 0.15) is 31.8 Å². The molecular formula is C22H20ClFNO3+. The van der Waals surface area contributed by atoms with Gasteiger partial charge in [0.25, 0.3) is 0 Å². The van der Waals surface area contributed by atoms with Crippen LogP contribution in [0.2, 0.25) is 5.02 Å². The first kappa shape index (κ1) is 18.7. The average molecular weight is 401 g/mol. The fraction of sp³-hybridized carbons (Fsp3) is 0.227. The number of nitrogens with one attached hydrogen (secondary N) is 1. The highest BCUT2D eigenvalue weighted by molar-refractivity contribution is 6.31. The quantitative estimate of drug-likeness (QED) is 0.715. The van der Waals surface area contributed by atoms with E-state index in [1.165, 1.54) is 40.5 Å². The average Bonchev–Trinajstić information content (AvgIpc) is 2.69. The molecule has 3 aromatic rings. The van der Waals surface area contributed by atoms with Crippen LogP contribution in [0, 0.1) is 5.82 Å². The van der Waals surface area contributed by atoms with Gasteiger partial charge in [0.15, 0.2) is 5.76 Å². The summed E-state index contributed by atoms with van der Waals surface area (Å²) in [5.74, 6) is 0.181. The lowest BCUT2D eigenvalue weighted by Crippen LogP contribution is -3.10. The van der Waals surface area contributed by atoms with E-state index < -0.39 is 5.82 Å². The molecule has 1 atom stereocenters. The Morgan fingerprint density at radius 2 is 1.96 bits per heavy atom. The summed E-state index contributed by atoms with van der Waals surface area (Å²) in [6.45, 7) is 2.39. The van der Waals surface area contributed by atoms with Crippen LogP contribution in [-0.4, -0.2) is 6.54 Å². The van der Waals surface area contributed by atoms with E-state index in [1.54, 1.807) is 6.07 Å². The first-order valence-corrected chi connectivity index (χ1v) is 9.55. The summed E-state index contributed by atoms with van der Waals surface area (Å²) in [5.41, 5.74) is 2.66. The van der Waals surface area contributed by atoms with E-state index in [0.29, 0.717) is 12.3 Å². The molecule has 6 heteroatoms. The van der Waals surface area contributed by atoms with Gasteiger partial charge in [-0.1, -0.05) is 41.9 Å². The minimum Gasteiger partial charge on any atom is -0.482 e. The van der Waals surface area contributed by atoms with Crippen molar-refractivity contribution in [3.63, 3.8) is 0 Å². The topological polar surface area (TPSA) is 43.9 Å². The smallest absolute Gasteiger partial charge is 0.227 e. The Morgan fingerprint density at radius 3 is 2.75 bits per heavy atom. The molecule has 1 aliphatic heterocycles. The summed E-state index contributed by atoms with van der Waals surface area (Å²) >= 11 is 5.98. The van der Waals surface area contributed by atoms with Gasteiger partial charge < -0.3 is 14.1 Å². The molecule has 2 heterocycles. The van der Waals surface area contributed by atoms with Crippen molar-refractivity contribution in [1.82, 2.24) is 0 Å². The van der Waals surface area contributed by atoms with Crippen LogP contribution >= 0.6 is 11.6 Å². The Bertz CT molecular complexity index is 1030. The molecule has 2 aromatic carbocycles. The van der Waals surface area contributed by atoms with Crippen molar-refractivity contribution < 1.29 is 18.4 Å². The highest BCUT2D eigenvalue weighted by Gasteiger charge is 2.20. The minimum atomic E-state index is -0.470. The fourth-order valence-corrected chi connectivity index (χ4v) is 3.71. The number of ether oxygens (including phenoxy) is 1. The maximum Gasteiger partial charge on any atom is 0.227 e. The summed E-state index contributed by atoms with van der Waals surface area (Å²) in [7, 11) is 0. The summed E-state index contributed by atoms with van der Waals surface area (Å²) in [4.78, 5) is 13.7. The van der Waals surface area contributed by atoms with Crippen LogP contribution < -0.4 is 15.1 Å². The predicted molar refractivity (Wildman–Crippen MR) is 104 cm³/mol. The summed E-state index contributed by atoms with van der Waals surface area (Å²) in [6, 6.07) is 14.3. The molecule has 0 fully saturated rings. The molecule has 1 N–H and O–H groups in total. The normalized spacial score (nSPS) is 15.9. The second-order valence-electron chi connectivity index (χ2n) is 6.94. The van der Waals surface area contributed by atoms with Crippen LogP contribution in [0.4, 0.5) is 4.39 Å². The SMILES string of the molecule is O=c1cc(C[NH+]2CCc3ccccc3C2)occ1OCc1c(F)cccc1Cl. The zero-order valence-electron chi connectivity index (χ0n) is 15.2. The predicted octanol–water partition coefficient (Wildman–Crippen LogP) is 3.15. The minimum absolute atomic E-state index is 0.0436. The lowest BCUT2D eigenvalue weighted by atomic mass is 10.00. The lowest BCUT2D eigenvalue weighted by molar-refractivity contribution is -0.930. The van der Waals surface area contributed by atoms with Crippen molar-refractivity contribution in [2.24, 2.45) is 0 Å². The van der Waals surface area contributed by atoms with Crippen LogP contribution in [0.25, 0.3) is 0 Å². The molecule has 0 saturated heterocycles. The van der Waals surface area contributed by atoms with Gasteiger partial charge in [-0.2, -0.15) is 0 Å². The third-order valence-corrected chi connectivity index (χ3v) is 5.37. The van der Waals surface area contributed by atoms with Crippen molar-refractivity contribution in [3.8, 4) is 5.75 Å². The molecule has 1 aromatic heterocycles. The van der Waals surface area contributed by atoms with Crippen LogP contribution in [0.15, 0.2) is 64.0 Å². The van der Waals surface area contributed by atoms with Crippen molar-refractivity contribution in [2.75, 3.05) is 6.54 Å². The van der Waals surface area contributed by atoms with Gasteiger partial charge in [-0.05, 0) is 17.7 Å². The zero-order chi connectivity index (χ0) is 19.5. The van der Waals surface area contributed by atoms with E-state index in [2.05, 4.69) is 24.3 Å². The fourth-order valence-electron chi connectivity index (χ4n) is 3.50. The number of halogens is 2. The number of quaternary nitrogens is 1. The number of rotatable bonds is 5. The third-order valence-electron chi connectivity index (χ3n) is 5.02. The Kier molecular flexibility index (Phi) is 5.46. The van der Waals surface area contributed by atoms with E-state index in [1.807, 2.05) is 0 Å². The van der Waals surface area contributed by atoms with Gasteiger partial charge in [0.05, 0.1) is 11.6 Å². The monoisotopic (exact) mass is 400 g/mol. The first-order valence-electron chi connectivity index (χ1n) is 9.18. The highest BCUT2D eigenvalue weighted by Crippen LogP contribution is 2.20. The van der Waals surface area contributed by atoms with Gasteiger partial charge in [0.2, 0.25) is 11.2 Å². The van der Waals surface area contributed by atoms with Gasteiger partial charge in [-0.25, -0.2) is 4.39 Å². The molecule has 4 nitrogen and oxygen atoms in total. The Labute approximate surface area is 167 Å². The van der Waals surface area contributed by atoms with Crippen molar-refractivity contribution >= 4 is 11.6 Å². The molecular weight excluding hydrogens is 381 g/mol. The van der Waals surface area contributed by atoms with Crippen molar-refractivity contribution in [1.29, 1.82) is 0 Å². The number of fused-ring (bicyclic) bond motifs is 1. The molecule has 0 aliphatic carbocycles. The van der Waals surface area contributed by atoms with Crippen LogP contribution in [0.5, 0.6) is 5.75 Å². The summed E-state index contributed by atoms with van der Waals surface area (Å²) in [5, 5.41) is 0.259. The standard InChI is InChI=1S/C22H19ClFNO3/c23-19-6-3-7-20(24)18(19)13-28-22-14-27-17(10-21(22)26)12-25-9-8-15-4-1-2-5-16(15)11-25/h1-7,10,14H,8-9,11-13H2/p+1. The Hall–Kier alpha value is -2.63. The van der Waals surface area contributed by atoms with E-state index in [9.17, 15) is 9.18 Å². The Balaban J connectivity index is 1.42. The number of benzene rings is 2. The number of hydrogen-bond donors (Lipinski definition) is 1. The summed E-state index contributed by atoms with van der Waals surface area (Å²) in [6.07, 6.45) is 2.31. The van der Waals surface area contributed by atoms with E-state index in [4.69, 9.17) is 20.8 Å². The third kappa shape index (κ3) is 4.11.